The largest absolute Gasteiger partial charge is 0.497 e. The molecule has 0 spiro atoms. The van der Waals surface area contributed by atoms with Crippen LogP contribution in [0.2, 0.25) is 0 Å². The highest BCUT2D eigenvalue weighted by molar-refractivity contribution is 5.47. The first-order chi connectivity index (χ1) is 7.58. The van der Waals surface area contributed by atoms with Gasteiger partial charge in [-0.1, -0.05) is 6.92 Å². The average molecular weight is 223 g/mol. The lowest BCUT2D eigenvalue weighted by molar-refractivity contribution is 0.238. The molecule has 0 bridgehead atoms. The van der Waals surface area contributed by atoms with E-state index in [2.05, 4.69) is 0 Å². The van der Waals surface area contributed by atoms with Gasteiger partial charge in [-0.3, -0.25) is 0 Å². The molecule has 1 N–H and O–H groups in total. The zero-order chi connectivity index (χ0) is 12.1. The van der Waals surface area contributed by atoms with E-state index >= 15 is 0 Å². The van der Waals surface area contributed by atoms with Gasteiger partial charge >= 0.3 is 0 Å². The molecule has 0 atom stereocenters. The molecule has 16 heavy (non-hydrogen) atoms. The normalized spacial score (nSPS) is 10.9. The van der Waals surface area contributed by atoms with Gasteiger partial charge in [-0.15, -0.1) is 0 Å². The fourth-order valence-corrected chi connectivity index (χ4v) is 1.41. The molecule has 0 aliphatic rings. The Morgan fingerprint density at radius 2 is 2.06 bits per heavy atom. The fourth-order valence-electron chi connectivity index (χ4n) is 1.41. The molecule has 1 aromatic rings. The van der Waals surface area contributed by atoms with E-state index in [9.17, 15) is 5.11 Å². The summed E-state index contributed by atoms with van der Waals surface area (Å²) in [5, 5.41) is 9.18. The minimum absolute atomic E-state index is 0.0155. The maximum absolute atomic E-state index is 9.18. The van der Waals surface area contributed by atoms with Crippen molar-refractivity contribution in [2.24, 2.45) is 0 Å². The van der Waals surface area contributed by atoms with Crippen molar-refractivity contribution in [3.8, 4) is 11.5 Å². The number of aliphatic hydroxyl groups excluding tert-OH is 1. The molecule has 0 aliphatic carbocycles. The van der Waals surface area contributed by atoms with Gasteiger partial charge < -0.3 is 14.6 Å². The van der Waals surface area contributed by atoms with Crippen molar-refractivity contribution in [2.45, 2.75) is 26.9 Å². The molecule has 0 saturated carbocycles. The monoisotopic (exact) mass is 223 g/mol. The Morgan fingerprint density at radius 3 is 2.56 bits per heavy atom. The van der Waals surface area contributed by atoms with E-state index in [0.29, 0.717) is 0 Å². The molecule has 3 heteroatoms. The van der Waals surface area contributed by atoms with Gasteiger partial charge in [0.1, 0.15) is 11.5 Å². The summed E-state index contributed by atoms with van der Waals surface area (Å²) in [6, 6.07) is 5.60. The van der Waals surface area contributed by atoms with E-state index in [1.54, 1.807) is 7.11 Å². The molecule has 3 nitrogen and oxygen atoms in total. The molecular formula is C13H19O3. The molecule has 0 aliphatic heterocycles. The summed E-state index contributed by atoms with van der Waals surface area (Å²) >= 11 is 0. The fraction of sp³-hybridized carbons (Fsp3) is 0.462. The first-order valence-electron chi connectivity index (χ1n) is 5.36. The molecule has 1 radical (unpaired) electrons. The van der Waals surface area contributed by atoms with Crippen LogP contribution in [0.4, 0.5) is 0 Å². The first kappa shape index (κ1) is 12.8. The highest BCUT2D eigenvalue weighted by Gasteiger charge is 2.13. The molecule has 0 unspecified atom stereocenters. The van der Waals surface area contributed by atoms with Crippen LogP contribution in [-0.2, 0) is 0 Å². The van der Waals surface area contributed by atoms with Crippen LogP contribution in [0.25, 0.3) is 0 Å². The highest BCUT2D eigenvalue weighted by atomic mass is 16.5. The van der Waals surface area contributed by atoms with Gasteiger partial charge in [0.25, 0.3) is 0 Å². The molecule has 0 saturated heterocycles. The molecule has 0 amide bonds. The second-order valence-electron chi connectivity index (χ2n) is 3.97. The number of benzene rings is 1. The van der Waals surface area contributed by atoms with Gasteiger partial charge in [0.2, 0.25) is 0 Å². The quantitative estimate of drug-likeness (QED) is 0.833. The zero-order valence-electron chi connectivity index (χ0n) is 10.3. The lowest BCUT2D eigenvalue weighted by Crippen LogP contribution is -2.10. The summed E-state index contributed by atoms with van der Waals surface area (Å²) in [5.74, 6) is 2.41. The third-order valence-electron chi connectivity index (χ3n) is 2.25. The molecule has 0 aromatic heterocycles. The number of rotatable bonds is 5. The zero-order valence-corrected chi connectivity index (χ0v) is 10.3. The Hall–Kier alpha value is -1.22. The van der Waals surface area contributed by atoms with Gasteiger partial charge in [0.15, 0.2) is 0 Å². The Bertz CT molecular complexity index is 334. The Morgan fingerprint density at radius 1 is 1.38 bits per heavy atom. The average Bonchev–Trinajstić information content (AvgIpc) is 2.28. The summed E-state index contributed by atoms with van der Waals surface area (Å²) in [4.78, 5) is 0. The van der Waals surface area contributed by atoms with Gasteiger partial charge in [0, 0.05) is 11.5 Å². The Balaban J connectivity index is 3.05. The molecule has 89 valence electrons. The minimum Gasteiger partial charge on any atom is -0.497 e. The smallest absolute Gasteiger partial charge is 0.123 e. The number of hydrogen-bond donors (Lipinski definition) is 1. The second-order valence-corrected chi connectivity index (χ2v) is 3.97. The van der Waals surface area contributed by atoms with Gasteiger partial charge in [-0.25, -0.2) is 0 Å². The van der Waals surface area contributed by atoms with E-state index in [-0.39, 0.29) is 12.7 Å². The summed E-state index contributed by atoms with van der Waals surface area (Å²) in [7, 11) is 1.62. The molecule has 1 aromatic carbocycles. The van der Waals surface area contributed by atoms with Crippen molar-refractivity contribution in [1.29, 1.82) is 0 Å². The number of methoxy groups -OCH3 is 1. The standard InChI is InChI=1S/C13H19O3/c1-9(2)16-13-6-5-11(15-4)7-12(13)10(3)8-14/h5-7,9,14H,8H2,1-4H3. The molecular weight excluding hydrogens is 204 g/mol. The van der Waals surface area contributed by atoms with E-state index in [1.807, 2.05) is 39.0 Å². The second kappa shape index (κ2) is 5.75. The van der Waals surface area contributed by atoms with Crippen molar-refractivity contribution >= 4 is 0 Å². The van der Waals surface area contributed by atoms with Crippen molar-refractivity contribution in [2.75, 3.05) is 13.7 Å². The van der Waals surface area contributed by atoms with Crippen molar-refractivity contribution in [3.05, 3.63) is 29.7 Å². The third-order valence-corrected chi connectivity index (χ3v) is 2.25. The van der Waals surface area contributed by atoms with Crippen LogP contribution in [0.5, 0.6) is 11.5 Å². The lowest BCUT2D eigenvalue weighted by Gasteiger charge is -2.18. The van der Waals surface area contributed by atoms with E-state index in [1.165, 1.54) is 0 Å². The number of aliphatic hydroxyl groups is 1. The third kappa shape index (κ3) is 3.14. The molecule has 1 rings (SSSR count). The Kier molecular flexibility index (Phi) is 4.62. The predicted octanol–water partition coefficient (Wildman–Crippen LogP) is 2.42. The topological polar surface area (TPSA) is 38.7 Å². The summed E-state index contributed by atoms with van der Waals surface area (Å²) < 4.78 is 10.8. The van der Waals surface area contributed by atoms with Crippen LogP contribution < -0.4 is 9.47 Å². The van der Waals surface area contributed by atoms with Crippen molar-refractivity contribution < 1.29 is 14.6 Å². The SMILES string of the molecule is COc1ccc(OC(C)C)c([C](C)CO)c1. The van der Waals surface area contributed by atoms with Crippen LogP contribution in [0.1, 0.15) is 26.3 Å². The molecule has 0 fully saturated rings. The Labute approximate surface area is 97.0 Å². The van der Waals surface area contributed by atoms with Gasteiger partial charge in [-0.2, -0.15) is 0 Å². The van der Waals surface area contributed by atoms with Crippen LogP contribution in [0.15, 0.2) is 18.2 Å². The van der Waals surface area contributed by atoms with Gasteiger partial charge in [0.05, 0.1) is 19.8 Å². The predicted molar refractivity (Wildman–Crippen MR) is 63.9 cm³/mol. The first-order valence-corrected chi connectivity index (χ1v) is 5.36. The maximum Gasteiger partial charge on any atom is 0.123 e. The molecule has 0 heterocycles. The van der Waals surface area contributed by atoms with Crippen molar-refractivity contribution in [3.63, 3.8) is 0 Å². The van der Waals surface area contributed by atoms with Gasteiger partial charge in [-0.05, 0) is 32.0 Å². The van der Waals surface area contributed by atoms with E-state index in [4.69, 9.17) is 9.47 Å². The van der Waals surface area contributed by atoms with Crippen LogP contribution in [0, 0.1) is 5.92 Å². The van der Waals surface area contributed by atoms with Crippen LogP contribution in [0.3, 0.4) is 0 Å². The van der Waals surface area contributed by atoms with Crippen LogP contribution in [-0.4, -0.2) is 24.9 Å². The van der Waals surface area contributed by atoms with Crippen molar-refractivity contribution in [1.82, 2.24) is 0 Å². The minimum atomic E-state index is 0.0155. The summed E-state index contributed by atoms with van der Waals surface area (Å²) in [5.41, 5.74) is 0.899. The highest BCUT2D eigenvalue weighted by Crippen LogP contribution is 2.30. The summed E-state index contributed by atoms with van der Waals surface area (Å²) in [6.45, 7) is 5.84. The lowest BCUT2D eigenvalue weighted by atomic mass is 10.0. The number of ether oxygens (including phenoxy) is 2. The maximum atomic E-state index is 9.18. The number of hydrogen-bond acceptors (Lipinski definition) is 3. The van der Waals surface area contributed by atoms with Crippen LogP contribution >= 0.6 is 0 Å². The van der Waals surface area contributed by atoms with E-state index < -0.39 is 0 Å². The summed E-state index contributed by atoms with van der Waals surface area (Å²) in [6.07, 6.45) is 0.110. The van der Waals surface area contributed by atoms with E-state index in [0.717, 1.165) is 23.0 Å².